The quantitative estimate of drug-likeness (QED) is 0.0222. The molecule has 0 heterocycles. The first-order valence-corrected chi connectivity index (χ1v) is 41.3. The fraction of sp³-hybridized carbons (Fsp3) is 0.946. The van der Waals surface area contributed by atoms with Gasteiger partial charge in [-0.3, -0.25) is 37.3 Å². The molecule has 2 unspecified atom stereocenters. The van der Waals surface area contributed by atoms with E-state index < -0.39 is 97.5 Å². The van der Waals surface area contributed by atoms with Crippen molar-refractivity contribution in [2.75, 3.05) is 39.6 Å². The van der Waals surface area contributed by atoms with Gasteiger partial charge in [0.1, 0.15) is 19.3 Å². The number of carbonyl (C=O) groups excluding carboxylic acids is 4. The van der Waals surface area contributed by atoms with Gasteiger partial charge < -0.3 is 33.8 Å². The van der Waals surface area contributed by atoms with Gasteiger partial charge in [-0.1, -0.05) is 325 Å². The molecule has 0 aliphatic carbocycles. The van der Waals surface area contributed by atoms with E-state index in [-0.39, 0.29) is 25.7 Å². The summed E-state index contributed by atoms with van der Waals surface area (Å²) >= 11 is 0. The zero-order valence-electron chi connectivity index (χ0n) is 60.7. The number of unbranched alkanes of at least 4 members (excludes halogenated alkanes) is 40. The molecule has 0 radical (unpaired) electrons. The Labute approximate surface area is 568 Å². The molecule has 0 rings (SSSR count). The molecule has 0 aromatic carbocycles. The molecule has 93 heavy (non-hydrogen) atoms. The number of esters is 4. The number of phosphoric ester groups is 2. The van der Waals surface area contributed by atoms with Gasteiger partial charge in [0.15, 0.2) is 12.2 Å². The van der Waals surface area contributed by atoms with Gasteiger partial charge >= 0.3 is 39.5 Å². The first kappa shape index (κ1) is 91.1. The van der Waals surface area contributed by atoms with Crippen molar-refractivity contribution in [1.29, 1.82) is 0 Å². The molecule has 0 aromatic heterocycles. The second-order valence-electron chi connectivity index (χ2n) is 28.1. The summed E-state index contributed by atoms with van der Waals surface area (Å²) < 4.78 is 68.5. The predicted octanol–water partition coefficient (Wildman–Crippen LogP) is 21.4. The van der Waals surface area contributed by atoms with Gasteiger partial charge in [0.05, 0.1) is 26.4 Å². The lowest BCUT2D eigenvalue weighted by Gasteiger charge is -2.21. The average molecular weight is 1370 g/mol. The molecule has 0 aromatic rings. The molecule has 0 fully saturated rings. The fourth-order valence-corrected chi connectivity index (χ4v) is 12.8. The lowest BCUT2D eigenvalue weighted by molar-refractivity contribution is -0.161. The van der Waals surface area contributed by atoms with Crippen molar-refractivity contribution in [3.05, 3.63) is 0 Å². The predicted molar refractivity (Wildman–Crippen MR) is 377 cm³/mol. The van der Waals surface area contributed by atoms with Crippen LogP contribution in [0.4, 0.5) is 0 Å². The summed E-state index contributed by atoms with van der Waals surface area (Å²) in [4.78, 5) is 72.7. The number of hydrogen-bond acceptors (Lipinski definition) is 15. The molecule has 0 bridgehead atoms. The van der Waals surface area contributed by atoms with Crippen molar-refractivity contribution < 1.29 is 80.2 Å². The minimum atomic E-state index is -4.96. The van der Waals surface area contributed by atoms with E-state index in [0.717, 1.165) is 108 Å². The molecule has 17 nitrogen and oxygen atoms in total. The molecular formula is C74H144O17P2. The van der Waals surface area contributed by atoms with Gasteiger partial charge in [0, 0.05) is 25.7 Å². The first-order chi connectivity index (χ1) is 44.7. The summed E-state index contributed by atoms with van der Waals surface area (Å²) in [6.07, 6.45) is 49.8. The zero-order valence-corrected chi connectivity index (χ0v) is 62.5. The Morgan fingerprint density at radius 2 is 0.495 bits per heavy atom. The summed E-state index contributed by atoms with van der Waals surface area (Å²) in [6, 6.07) is 0. The smallest absolute Gasteiger partial charge is 0.462 e. The van der Waals surface area contributed by atoms with E-state index in [2.05, 4.69) is 48.5 Å². The van der Waals surface area contributed by atoms with Crippen LogP contribution in [-0.2, 0) is 65.4 Å². The van der Waals surface area contributed by atoms with E-state index in [1.54, 1.807) is 0 Å². The minimum absolute atomic E-state index is 0.105. The average Bonchev–Trinajstić information content (AvgIpc) is 1.57. The van der Waals surface area contributed by atoms with Crippen molar-refractivity contribution in [2.24, 2.45) is 17.8 Å². The summed E-state index contributed by atoms with van der Waals surface area (Å²) in [5.74, 6) is 0.162. The van der Waals surface area contributed by atoms with Crippen molar-refractivity contribution in [3.63, 3.8) is 0 Å². The van der Waals surface area contributed by atoms with E-state index in [1.807, 2.05) is 0 Å². The molecule has 552 valence electrons. The van der Waals surface area contributed by atoms with E-state index in [4.69, 9.17) is 37.0 Å². The van der Waals surface area contributed by atoms with Crippen molar-refractivity contribution in [2.45, 2.75) is 394 Å². The van der Waals surface area contributed by atoms with Crippen LogP contribution in [0.5, 0.6) is 0 Å². The number of ether oxygens (including phenoxy) is 4. The molecule has 3 N–H and O–H groups in total. The number of aliphatic hydroxyl groups is 1. The fourth-order valence-electron chi connectivity index (χ4n) is 11.2. The SMILES string of the molecule is CCCCCCCCCCCCCCC(=O)OC[C@H](COP(=O)(O)OC[C@H](O)COP(=O)(O)OC[C@@H](COC(=O)CCCCCCCCCCCCC(C)C)OC(=O)CCCCCCCCCCCCCCCC(C)C)OC(=O)CCCCCCCCCCCC(C)C. The topological polar surface area (TPSA) is 237 Å². The highest BCUT2D eigenvalue weighted by molar-refractivity contribution is 7.47. The Balaban J connectivity index is 5.26. The Morgan fingerprint density at radius 1 is 0.290 bits per heavy atom. The highest BCUT2D eigenvalue weighted by atomic mass is 31.2. The Hall–Kier alpha value is -1.94. The highest BCUT2D eigenvalue weighted by Crippen LogP contribution is 2.45. The normalized spacial score (nSPS) is 14.1. The first-order valence-electron chi connectivity index (χ1n) is 38.3. The van der Waals surface area contributed by atoms with Crippen LogP contribution in [-0.4, -0.2) is 96.7 Å². The summed E-state index contributed by atoms with van der Waals surface area (Å²) in [5.41, 5.74) is 0. The zero-order chi connectivity index (χ0) is 68.7. The minimum Gasteiger partial charge on any atom is -0.462 e. The van der Waals surface area contributed by atoms with Gasteiger partial charge in [0.2, 0.25) is 0 Å². The molecule has 5 atom stereocenters. The molecule has 19 heteroatoms. The summed E-state index contributed by atoms with van der Waals surface area (Å²) in [6.45, 7) is 11.9. The second-order valence-corrected chi connectivity index (χ2v) is 31.0. The van der Waals surface area contributed by atoms with Gasteiger partial charge in [-0.05, 0) is 43.4 Å². The third-order valence-corrected chi connectivity index (χ3v) is 19.0. The van der Waals surface area contributed by atoms with Gasteiger partial charge in [-0.15, -0.1) is 0 Å². The van der Waals surface area contributed by atoms with Crippen LogP contribution in [0.25, 0.3) is 0 Å². The standard InChI is InChI=1S/C74H144O17P2/c1-8-9-10-11-12-13-14-19-27-34-41-48-55-71(76)84-62-70(91-74(79)58-51-44-37-30-23-26-33-40-47-54-67(6)7)64-89-93(82,83)87-60-68(75)59-86-92(80,81)88-63-69(61-85-72(77)56-49-42-35-28-22-21-25-32-39-46-53-66(4)5)90-73(78)57-50-43-36-29-20-17-15-16-18-24-31-38-45-52-65(2)3/h65-70,75H,8-64H2,1-7H3,(H,80,81)(H,82,83)/t68-,69-,70-/m1/s1. The Bertz CT molecular complexity index is 1820. The van der Waals surface area contributed by atoms with Crippen LogP contribution in [0, 0.1) is 17.8 Å². The van der Waals surface area contributed by atoms with Gasteiger partial charge in [0.25, 0.3) is 0 Å². The third-order valence-electron chi connectivity index (χ3n) is 17.1. The maximum atomic E-state index is 13.1. The molecular weight excluding hydrogens is 1220 g/mol. The summed E-state index contributed by atoms with van der Waals surface area (Å²) in [5, 5.41) is 10.6. The van der Waals surface area contributed by atoms with Crippen LogP contribution in [0.1, 0.15) is 376 Å². The number of aliphatic hydroxyl groups excluding tert-OH is 1. The molecule has 0 spiro atoms. The second kappa shape index (κ2) is 64.7. The summed E-state index contributed by atoms with van der Waals surface area (Å²) in [7, 11) is -9.91. The van der Waals surface area contributed by atoms with Gasteiger partial charge in [-0.2, -0.15) is 0 Å². The maximum Gasteiger partial charge on any atom is 0.472 e. The molecule has 0 saturated heterocycles. The molecule has 0 saturated carbocycles. The van der Waals surface area contributed by atoms with Crippen LogP contribution >= 0.6 is 15.6 Å². The number of carbonyl (C=O) groups is 4. The van der Waals surface area contributed by atoms with Crippen LogP contribution in [0.15, 0.2) is 0 Å². The third kappa shape index (κ3) is 68.4. The number of hydrogen-bond donors (Lipinski definition) is 3. The Morgan fingerprint density at radius 3 is 0.731 bits per heavy atom. The van der Waals surface area contributed by atoms with Crippen LogP contribution in [0.3, 0.4) is 0 Å². The highest BCUT2D eigenvalue weighted by Gasteiger charge is 2.30. The lowest BCUT2D eigenvalue weighted by Crippen LogP contribution is -2.30. The largest absolute Gasteiger partial charge is 0.472 e. The van der Waals surface area contributed by atoms with Crippen molar-refractivity contribution in [1.82, 2.24) is 0 Å². The Kier molecular flexibility index (Phi) is 63.4. The van der Waals surface area contributed by atoms with Crippen molar-refractivity contribution in [3.8, 4) is 0 Å². The van der Waals surface area contributed by atoms with Gasteiger partial charge in [-0.25, -0.2) is 9.13 Å². The van der Waals surface area contributed by atoms with E-state index in [0.29, 0.717) is 25.7 Å². The van der Waals surface area contributed by atoms with E-state index >= 15 is 0 Å². The van der Waals surface area contributed by atoms with E-state index in [9.17, 15) is 43.2 Å². The maximum absolute atomic E-state index is 13.1. The molecule has 0 amide bonds. The molecule has 0 aliphatic heterocycles. The van der Waals surface area contributed by atoms with Crippen LogP contribution in [0.2, 0.25) is 0 Å². The monoisotopic (exact) mass is 1370 g/mol. The number of rotatable bonds is 72. The lowest BCUT2D eigenvalue weighted by atomic mass is 10.0. The van der Waals surface area contributed by atoms with E-state index in [1.165, 1.54) is 186 Å². The van der Waals surface area contributed by atoms with Crippen LogP contribution < -0.4 is 0 Å². The molecule has 0 aliphatic rings. The van der Waals surface area contributed by atoms with Crippen molar-refractivity contribution >= 4 is 39.5 Å². The number of phosphoric acid groups is 2.